The van der Waals surface area contributed by atoms with Crippen molar-refractivity contribution in [2.24, 2.45) is 0 Å². The van der Waals surface area contributed by atoms with Gasteiger partial charge in [-0.1, -0.05) is 26.0 Å². The van der Waals surface area contributed by atoms with Crippen molar-refractivity contribution >= 4 is 27.3 Å². The SMILES string of the molecule is Cc1cc(CNC(C)C)cc(C)c1OCc1cc(Br)cs1. The van der Waals surface area contributed by atoms with E-state index in [2.05, 4.69) is 72.5 Å². The molecule has 1 N–H and O–H groups in total. The molecule has 0 radical (unpaired) electrons. The number of benzene rings is 1. The first-order valence-electron chi connectivity index (χ1n) is 7.15. The third-order valence-electron chi connectivity index (χ3n) is 3.22. The van der Waals surface area contributed by atoms with Crippen LogP contribution >= 0.6 is 27.3 Å². The minimum Gasteiger partial charge on any atom is -0.488 e. The molecule has 0 aliphatic carbocycles. The Morgan fingerprint density at radius 3 is 2.38 bits per heavy atom. The van der Waals surface area contributed by atoms with Gasteiger partial charge in [-0.2, -0.15) is 0 Å². The fraction of sp³-hybridized carbons (Fsp3) is 0.412. The van der Waals surface area contributed by atoms with Crippen LogP contribution in [0.15, 0.2) is 28.1 Å². The fourth-order valence-electron chi connectivity index (χ4n) is 2.26. The minimum absolute atomic E-state index is 0.499. The number of ether oxygens (including phenoxy) is 1. The molecule has 4 heteroatoms. The molecule has 0 atom stereocenters. The Labute approximate surface area is 139 Å². The van der Waals surface area contributed by atoms with E-state index >= 15 is 0 Å². The Morgan fingerprint density at radius 1 is 1.19 bits per heavy atom. The smallest absolute Gasteiger partial charge is 0.125 e. The van der Waals surface area contributed by atoms with Crippen LogP contribution in [0.2, 0.25) is 0 Å². The van der Waals surface area contributed by atoms with Gasteiger partial charge in [0.25, 0.3) is 0 Å². The molecule has 1 aromatic carbocycles. The van der Waals surface area contributed by atoms with Gasteiger partial charge in [0.2, 0.25) is 0 Å². The van der Waals surface area contributed by atoms with Gasteiger partial charge in [-0.05, 0) is 52.5 Å². The molecule has 2 aromatic rings. The highest BCUT2D eigenvalue weighted by Gasteiger charge is 2.08. The molecule has 0 saturated carbocycles. The van der Waals surface area contributed by atoms with Crippen LogP contribution in [0.25, 0.3) is 0 Å². The normalized spacial score (nSPS) is 11.1. The summed E-state index contributed by atoms with van der Waals surface area (Å²) < 4.78 is 7.14. The van der Waals surface area contributed by atoms with E-state index in [0.717, 1.165) is 16.8 Å². The largest absolute Gasteiger partial charge is 0.488 e. The van der Waals surface area contributed by atoms with E-state index in [0.29, 0.717) is 12.6 Å². The molecule has 2 nitrogen and oxygen atoms in total. The van der Waals surface area contributed by atoms with Crippen LogP contribution in [0.5, 0.6) is 5.75 Å². The Hall–Kier alpha value is -0.840. The quantitative estimate of drug-likeness (QED) is 0.756. The van der Waals surface area contributed by atoms with Crippen molar-refractivity contribution in [2.45, 2.75) is 46.9 Å². The molecule has 2 rings (SSSR count). The van der Waals surface area contributed by atoms with E-state index in [1.54, 1.807) is 11.3 Å². The van der Waals surface area contributed by atoms with Crippen LogP contribution in [0.4, 0.5) is 0 Å². The number of hydrogen-bond donors (Lipinski definition) is 1. The number of halogens is 1. The second kappa shape index (κ2) is 7.43. The summed E-state index contributed by atoms with van der Waals surface area (Å²) in [6.45, 7) is 10.1. The maximum Gasteiger partial charge on any atom is 0.125 e. The molecule has 114 valence electrons. The van der Waals surface area contributed by atoms with E-state index in [4.69, 9.17) is 4.74 Å². The Morgan fingerprint density at radius 2 is 1.86 bits per heavy atom. The predicted molar refractivity (Wildman–Crippen MR) is 94.2 cm³/mol. The molecular weight excluding hydrogens is 346 g/mol. The van der Waals surface area contributed by atoms with Gasteiger partial charge >= 0.3 is 0 Å². The number of rotatable bonds is 6. The van der Waals surface area contributed by atoms with Gasteiger partial charge in [-0.25, -0.2) is 0 Å². The Bertz CT molecular complexity index is 584. The summed E-state index contributed by atoms with van der Waals surface area (Å²) in [5.41, 5.74) is 3.71. The molecule has 0 aliphatic heterocycles. The summed E-state index contributed by atoms with van der Waals surface area (Å²) in [6, 6.07) is 7.03. The average molecular weight is 368 g/mol. The zero-order valence-electron chi connectivity index (χ0n) is 13.0. The van der Waals surface area contributed by atoms with Crippen molar-refractivity contribution in [3.8, 4) is 5.75 Å². The molecule has 0 amide bonds. The van der Waals surface area contributed by atoms with Crippen molar-refractivity contribution in [3.63, 3.8) is 0 Å². The standard InChI is InChI=1S/C17H22BrNOS/c1-11(2)19-8-14-5-12(3)17(13(4)6-14)20-9-16-7-15(18)10-21-16/h5-7,10-11,19H,8-9H2,1-4H3. The molecule has 0 saturated heterocycles. The monoisotopic (exact) mass is 367 g/mol. The highest BCUT2D eigenvalue weighted by atomic mass is 79.9. The predicted octanol–water partition coefficient (Wildman–Crippen LogP) is 5.20. The first-order chi connectivity index (χ1) is 9.95. The molecule has 0 unspecified atom stereocenters. The van der Waals surface area contributed by atoms with Gasteiger partial charge in [0.15, 0.2) is 0 Å². The number of aryl methyl sites for hydroxylation is 2. The van der Waals surface area contributed by atoms with Gasteiger partial charge < -0.3 is 10.1 Å². The fourth-order valence-corrected chi connectivity index (χ4v) is 3.63. The van der Waals surface area contributed by atoms with Crippen LogP contribution in [-0.2, 0) is 13.2 Å². The van der Waals surface area contributed by atoms with Gasteiger partial charge in [-0.15, -0.1) is 11.3 Å². The zero-order valence-corrected chi connectivity index (χ0v) is 15.4. The van der Waals surface area contributed by atoms with E-state index in [1.807, 2.05) is 0 Å². The van der Waals surface area contributed by atoms with Crippen LogP contribution in [0, 0.1) is 13.8 Å². The van der Waals surface area contributed by atoms with Gasteiger partial charge in [0.1, 0.15) is 12.4 Å². The van der Waals surface area contributed by atoms with Crippen molar-refractivity contribution in [1.29, 1.82) is 0 Å². The van der Waals surface area contributed by atoms with Crippen molar-refractivity contribution in [2.75, 3.05) is 0 Å². The zero-order chi connectivity index (χ0) is 15.4. The summed E-state index contributed by atoms with van der Waals surface area (Å²) in [5, 5.41) is 5.53. The van der Waals surface area contributed by atoms with Crippen LogP contribution in [0.3, 0.4) is 0 Å². The third kappa shape index (κ3) is 4.83. The molecular formula is C17H22BrNOS. The topological polar surface area (TPSA) is 21.3 Å². The first-order valence-corrected chi connectivity index (χ1v) is 8.82. The number of nitrogens with one attached hydrogen (secondary N) is 1. The lowest BCUT2D eigenvalue weighted by molar-refractivity contribution is 0.305. The summed E-state index contributed by atoms with van der Waals surface area (Å²) in [5.74, 6) is 1.01. The minimum atomic E-state index is 0.499. The number of thiophene rings is 1. The lowest BCUT2D eigenvalue weighted by Crippen LogP contribution is -2.21. The first kappa shape index (κ1) is 16.5. The maximum atomic E-state index is 6.02. The van der Waals surface area contributed by atoms with Crippen molar-refractivity contribution in [1.82, 2.24) is 5.32 Å². The van der Waals surface area contributed by atoms with Crippen molar-refractivity contribution in [3.05, 3.63) is 49.6 Å². The average Bonchev–Trinajstić information content (AvgIpc) is 2.81. The third-order valence-corrected chi connectivity index (χ3v) is 4.89. The Balaban J connectivity index is 2.06. The summed E-state index contributed by atoms with van der Waals surface area (Å²) in [7, 11) is 0. The van der Waals surface area contributed by atoms with Crippen molar-refractivity contribution < 1.29 is 4.74 Å². The summed E-state index contributed by atoms with van der Waals surface area (Å²) in [4.78, 5) is 1.23. The molecule has 0 spiro atoms. The van der Waals surface area contributed by atoms with Crippen LogP contribution < -0.4 is 10.1 Å². The molecule has 0 fully saturated rings. The van der Waals surface area contributed by atoms with Crippen LogP contribution in [0.1, 0.15) is 35.4 Å². The maximum absolute atomic E-state index is 6.02. The molecule has 0 aliphatic rings. The van der Waals surface area contributed by atoms with E-state index in [1.165, 1.54) is 21.6 Å². The second-order valence-electron chi connectivity index (χ2n) is 5.61. The van der Waals surface area contributed by atoms with E-state index in [9.17, 15) is 0 Å². The Kier molecular flexibility index (Phi) is 5.85. The van der Waals surface area contributed by atoms with Crippen LogP contribution in [-0.4, -0.2) is 6.04 Å². The van der Waals surface area contributed by atoms with Gasteiger partial charge in [0.05, 0.1) is 0 Å². The molecule has 1 heterocycles. The highest BCUT2D eigenvalue weighted by molar-refractivity contribution is 9.10. The second-order valence-corrected chi connectivity index (χ2v) is 7.53. The summed E-state index contributed by atoms with van der Waals surface area (Å²) >= 11 is 5.19. The van der Waals surface area contributed by atoms with Gasteiger partial charge in [0, 0.05) is 27.3 Å². The number of hydrogen-bond acceptors (Lipinski definition) is 3. The molecule has 0 bridgehead atoms. The highest BCUT2D eigenvalue weighted by Crippen LogP contribution is 2.27. The molecule has 21 heavy (non-hydrogen) atoms. The lowest BCUT2D eigenvalue weighted by Gasteiger charge is -2.15. The van der Waals surface area contributed by atoms with E-state index in [-0.39, 0.29) is 0 Å². The lowest BCUT2D eigenvalue weighted by atomic mass is 10.1. The van der Waals surface area contributed by atoms with Gasteiger partial charge in [-0.3, -0.25) is 0 Å². The van der Waals surface area contributed by atoms with E-state index < -0.39 is 0 Å². The molecule has 1 aromatic heterocycles. The summed E-state index contributed by atoms with van der Waals surface area (Å²) in [6.07, 6.45) is 0.